The molecule has 0 N–H and O–H groups in total. The van der Waals surface area contributed by atoms with Crippen molar-refractivity contribution in [3.8, 4) is 11.5 Å². The number of halogens is 2. The topological polar surface area (TPSA) is 59.1 Å². The van der Waals surface area contributed by atoms with Crippen molar-refractivity contribution in [3.63, 3.8) is 0 Å². The molecule has 4 rings (SSSR count). The Morgan fingerprint density at radius 2 is 1.79 bits per heavy atom. The Labute approximate surface area is 178 Å². The van der Waals surface area contributed by atoms with Crippen molar-refractivity contribution in [1.29, 1.82) is 0 Å². The number of fused-ring (bicyclic) bond motifs is 1. The molecule has 0 unspecified atom stereocenters. The monoisotopic (exact) mass is 486 g/mol. The van der Waals surface area contributed by atoms with Crippen LogP contribution < -0.4 is 9.47 Å². The molecule has 0 amide bonds. The van der Waals surface area contributed by atoms with Crippen LogP contribution in [0.1, 0.15) is 5.56 Å². The summed E-state index contributed by atoms with van der Waals surface area (Å²) < 4.78 is 39.6. The maximum Gasteiger partial charge on any atom is 0.244 e. The number of sulfonamides is 1. The van der Waals surface area contributed by atoms with Crippen LogP contribution in [0.5, 0.6) is 11.5 Å². The molecule has 2 aliphatic rings. The minimum atomic E-state index is -3.61. The van der Waals surface area contributed by atoms with Gasteiger partial charge >= 0.3 is 0 Å². The van der Waals surface area contributed by atoms with Gasteiger partial charge in [-0.15, -0.1) is 0 Å². The van der Waals surface area contributed by atoms with Gasteiger partial charge in [0.15, 0.2) is 11.5 Å². The molecule has 0 aliphatic carbocycles. The second-order valence-corrected chi connectivity index (χ2v) is 9.93. The largest absolute Gasteiger partial charge is 0.486 e. The molecule has 2 aromatic rings. The molecule has 9 heteroatoms. The first-order valence-corrected chi connectivity index (χ1v) is 11.6. The highest BCUT2D eigenvalue weighted by Gasteiger charge is 2.30. The summed E-state index contributed by atoms with van der Waals surface area (Å²) in [6.07, 6.45) is 0. The Balaban J connectivity index is 1.44. The summed E-state index contributed by atoms with van der Waals surface area (Å²) >= 11 is 9.47. The van der Waals surface area contributed by atoms with E-state index >= 15 is 0 Å². The van der Waals surface area contributed by atoms with Gasteiger partial charge in [0, 0.05) is 42.8 Å². The summed E-state index contributed by atoms with van der Waals surface area (Å²) in [5.41, 5.74) is 1.06. The summed E-state index contributed by atoms with van der Waals surface area (Å²) in [7, 11) is -3.61. The van der Waals surface area contributed by atoms with E-state index in [0.717, 1.165) is 21.5 Å². The molecule has 28 heavy (non-hydrogen) atoms. The van der Waals surface area contributed by atoms with E-state index in [9.17, 15) is 8.42 Å². The van der Waals surface area contributed by atoms with Crippen LogP contribution in [0.2, 0.25) is 5.02 Å². The van der Waals surface area contributed by atoms with Gasteiger partial charge in [0.2, 0.25) is 10.0 Å². The number of ether oxygens (including phenoxy) is 2. The van der Waals surface area contributed by atoms with Gasteiger partial charge in [0.1, 0.15) is 18.1 Å². The first kappa shape index (κ1) is 20.0. The second kappa shape index (κ2) is 8.20. The van der Waals surface area contributed by atoms with Crippen LogP contribution in [0.15, 0.2) is 45.8 Å². The average molecular weight is 488 g/mol. The first-order chi connectivity index (χ1) is 13.4. The lowest BCUT2D eigenvalue weighted by Gasteiger charge is -2.34. The van der Waals surface area contributed by atoms with E-state index in [2.05, 4.69) is 20.8 Å². The standard InChI is InChI=1S/C19H20BrClN2O4S/c20-15-4-5-18(16(21)12-15)28(24,25)23-8-6-22(7-9-23)13-14-2-1-3-17-19(14)27-11-10-26-17/h1-5,12H,6-11,13H2. The van der Waals surface area contributed by atoms with Crippen LogP contribution in [0.4, 0.5) is 0 Å². The van der Waals surface area contributed by atoms with Crippen LogP contribution in [0.3, 0.4) is 0 Å². The lowest BCUT2D eigenvalue weighted by molar-refractivity contribution is 0.158. The fourth-order valence-electron chi connectivity index (χ4n) is 3.45. The molecule has 0 radical (unpaired) electrons. The van der Waals surface area contributed by atoms with E-state index in [0.29, 0.717) is 45.9 Å². The predicted molar refractivity (Wildman–Crippen MR) is 111 cm³/mol. The maximum absolute atomic E-state index is 12.9. The van der Waals surface area contributed by atoms with Crippen molar-refractivity contribution in [2.75, 3.05) is 39.4 Å². The highest BCUT2D eigenvalue weighted by Crippen LogP contribution is 2.34. The predicted octanol–water partition coefficient (Wildman–Crippen LogP) is 3.38. The lowest BCUT2D eigenvalue weighted by atomic mass is 10.1. The Kier molecular flexibility index (Phi) is 5.85. The zero-order chi connectivity index (χ0) is 19.7. The SMILES string of the molecule is O=S(=O)(c1ccc(Br)cc1Cl)N1CCN(Cc2cccc3c2OCCO3)CC1. The maximum atomic E-state index is 12.9. The second-order valence-electron chi connectivity index (χ2n) is 6.70. The van der Waals surface area contributed by atoms with E-state index in [-0.39, 0.29) is 9.92 Å². The van der Waals surface area contributed by atoms with Crippen LogP contribution in [-0.2, 0) is 16.6 Å². The molecule has 0 aromatic heterocycles. The highest BCUT2D eigenvalue weighted by molar-refractivity contribution is 9.10. The molecule has 2 aromatic carbocycles. The number of rotatable bonds is 4. The van der Waals surface area contributed by atoms with E-state index in [1.165, 1.54) is 4.31 Å². The van der Waals surface area contributed by atoms with Gasteiger partial charge in [0.05, 0.1) is 5.02 Å². The fourth-order valence-corrected chi connectivity index (χ4v) is 5.88. The van der Waals surface area contributed by atoms with Crippen molar-refractivity contribution in [1.82, 2.24) is 9.21 Å². The zero-order valence-electron chi connectivity index (χ0n) is 15.1. The third-order valence-electron chi connectivity index (χ3n) is 4.88. The van der Waals surface area contributed by atoms with Crippen molar-refractivity contribution >= 4 is 37.6 Å². The van der Waals surface area contributed by atoms with Gasteiger partial charge < -0.3 is 9.47 Å². The summed E-state index contributed by atoms with van der Waals surface area (Å²) in [6.45, 7) is 3.91. The number of para-hydroxylation sites is 1. The minimum Gasteiger partial charge on any atom is -0.486 e. The van der Waals surface area contributed by atoms with E-state index in [1.807, 2.05) is 18.2 Å². The van der Waals surface area contributed by atoms with Gasteiger partial charge in [-0.3, -0.25) is 4.90 Å². The summed E-state index contributed by atoms with van der Waals surface area (Å²) in [6, 6.07) is 10.7. The molecule has 1 fully saturated rings. The number of piperazine rings is 1. The van der Waals surface area contributed by atoms with E-state index < -0.39 is 10.0 Å². The molecule has 150 valence electrons. The Bertz CT molecular complexity index is 978. The van der Waals surface area contributed by atoms with Crippen molar-refractivity contribution in [2.24, 2.45) is 0 Å². The van der Waals surface area contributed by atoms with Crippen molar-refractivity contribution in [2.45, 2.75) is 11.4 Å². The van der Waals surface area contributed by atoms with Crippen molar-refractivity contribution in [3.05, 3.63) is 51.5 Å². The Morgan fingerprint density at radius 1 is 1.04 bits per heavy atom. The van der Waals surface area contributed by atoms with Crippen molar-refractivity contribution < 1.29 is 17.9 Å². The smallest absolute Gasteiger partial charge is 0.244 e. The molecule has 2 heterocycles. The highest BCUT2D eigenvalue weighted by atomic mass is 79.9. The normalized spacial score (nSPS) is 18.2. The fraction of sp³-hybridized carbons (Fsp3) is 0.368. The van der Waals surface area contributed by atoms with E-state index in [1.54, 1.807) is 18.2 Å². The molecule has 6 nitrogen and oxygen atoms in total. The number of hydrogen-bond acceptors (Lipinski definition) is 5. The summed E-state index contributed by atoms with van der Waals surface area (Å²) in [4.78, 5) is 2.37. The molecule has 1 saturated heterocycles. The first-order valence-electron chi connectivity index (χ1n) is 9.00. The number of benzene rings is 2. The molecule has 0 bridgehead atoms. The molecular formula is C19H20BrClN2O4S. The van der Waals surface area contributed by atoms with E-state index in [4.69, 9.17) is 21.1 Å². The summed E-state index contributed by atoms with van der Waals surface area (Å²) in [5, 5.41) is 0.227. The summed E-state index contributed by atoms with van der Waals surface area (Å²) in [5.74, 6) is 1.57. The number of nitrogens with zero attached hydrogens (tertiary/aromatic N) is 2. The Morgan fingerprint density at radius 3 is 2.54 bits per heavy atom. The number of hydrogen-bond donors (Lipinski definition) is 0. The molecule has 0 spiro atoms. The molecule has 2 aliphatic heterocycles. The van der Waals surface area contributed by atoms with Gasteiger partial charge in [-0.1, -0.05) is 39.7 Å². The van der Waals surface area contributed by atoms with Gasteiger partial charge in [-0.05, 0) is 24.3 Å². The van der Waals surface area contributed by atoms with Crippen LogP contribution in [-0.4, -0.2) is 57.0 Å². The van der Waals surface area contributed by atoms with Gasteiger partial charge in [-0.2, -0.15) is 4.31 Å². The van der Waals surface area contributed by atoms with Gasteiger partial charge in [0.25, 0.3) is 0 Å². The minimum absolute atomic E-state index is 0.147. The van der Waals surface area contributed by atoms with Crippen LogP contribution in [0.25, 0.3) is 0 Å². The third kappa shape index (κ3) is 4.02. The quantitative estimate of drug-likeness (QED) is 0.662. The van der Waals surface area contributed by atoms with Gasteiger partial charge in [-0.25, -0.2) is 8.42 Å². The third-order valence-corrected chi connectivity index (χ3v) is 7.76. The molecule has 0 atom stereocenters. The molecular weight excluding hydrogens is 468 g/mol. The zero-order valence-corrected chi connectivity index (χ0v) is 18.3. The average Bonchev–Trinajstić information content (AvgIpc) is 2.68. The Hall–Kier alpha value is -1.32. The lowest BCUT2D eigenvalue weighted by Crippen LogP contribution is -2.48. The van der Waals surface area contributed by atoms with Crippen LogP contribution in [0, 0.1) is 0 Å². The molecule has 0 saturated carbocycles. The van der Waals surface area contributed by atoms with Crippen LogP contribution >= 0.6 is 27.5 Å².